The molecule has 6 unspecified atom stereocenters. The SMILES string of the molecule is CCC(C)C(N)C(=O)NC(C(=O)NC(CCCN=C(N)N)C(=O)NC(Cc1c[nH]c2ccccc12)C(=O)O)C(C)O. The number of rotatable bonds is 16. The van der Waals surface area contributed by atoms with Crippen LogP contribution >= 0.6 is 0 Å². The normalized spacial score (nSPS) is 15.5. The quantitative estimate of drug-likeness (QED) is 0.0680. The van der Waals surface area contributed by atoms with Crippen LogP contribution in [0.4, 0.5) is 0 Å². The second-order valence-corrected chi connectivity index (χ2v) is 10.1. The average Bonchev–Trinajstić information content (AvgIpc) is 3.33. The summed E-state index contributed by atoms with van der Waals surface area (Å²) in [5, 5.41) is 28.4. The van der Waals surface area contributed by atoms with E-state index in [1.54, 1.807) is 13.1 Å². The Morgan fingerprint density at radius 1 is 1.00 bits per heavy atom. The number of aliphatic imine (C=N–C) groups is 1. The van der Waals surface area contributed by atoms with Crippen LogP contribution in [0.1, 0.15) is 45.6 Å². The van der Waals surface area contributed by atoms with E-state index in [1.165, 1.54) is 6.92 Å². The van der Waals surface area contributed by atoms with Crippen molar-refractivity contribution in [2.45, 2.75) is 76.7 Å². The molecule has 0 saturated carbocycles. The lowest BCUT2D eigenvalue weighted by molar-refractivity contribution is -0.142. The first-order valence-electron chi connectivity index (χ1n) is 13.5. The number of aromatic amines is 1. The first-order valence-corrected chi connectivity index (χ1v) is 13.5. The number of aliphatic hydroxyl groups excluding tert-OH is 1. The Morgan fingerprint density at radius 3 is 2.27 bits per heavy atom. The van der Waals surface area contributed by atoms with E-state index < -0.39 is 54.0 Å². The van der Waals surface area contributed by atoms with E-state index in [2.05, 4.69) is 25.9 Å². The lowest BCUT2D eigenvalue weighted by Gasteiger charge is -2.27. The Bertz CT molecular complexity index is 1230. The molecule has 0 bridgehead atoms. The summed E-state index contributed by atoms with van der Waals surface area (Å²) in [4.78, 5) is 58.1. The Kier molecular flexibility index (Phi) is 12.5. The molecule has 1 aromatic heterocycles. The fraction of sp³-hybridized carbons (Fsp3) is 0.519. The summed E-state index contributed by atoms with van der Waals surface area (Å²) >= 11 is 0. The number of hydrogen-bond donors (Lipinski definition) is 9. The van der Waals surface area contributed by atoms with Gasteiger partial charge in [0.1, 0.15) is 18.1 Å². The van der Waals surface area contributed by atoms with E-state index in [0.29, 0.717) is 12.0 Å². The molecule has 0 aliphatic heterocycles. The minimum absolute atomic E-state index is 0.0143. The topological polar surface area (TPSA) is 251 Å². The van der Waals surface area contributed by atoms with Crippen molar-refractivity contribution < 1.29 is 29.4 Å². The van der Waals surface area contributed by atoms with Crippen molar-refractivity contribution in [1.82, 2.24) is 20.9 Å². The van der Waals surface area contributed by atoms with E-state index in [1.807, 2.05) is 31.2 Å². The maximum atomic E-state index is 13.3. The van der Waals surface area contributed by atoms with Crippen LogP contribution in [0.5, 0.6) is 0 Å². The zero-order valence-corrected chi connectivity index (χ0v) is 23.6. The molecule has 14 heteroatoms. The highest BCUT2D eigenvalue weighted by atomic mass is 16.4. The number of aliphatic hydroxyl groups is 1. The number of fused-ring (bicyclic) bond motifs is 1. The van der Waals surface area contributed by atoms with Gasteiger partial charge in [-0.3, -0.25) is 19.4 Å². The van der Waals surface area contributed by atoms with Crippen molar-refractivity contribution in [3.63, 3.8) is 0 Å². The van der Waals surface area contributed by atoms with Crippen LogP contribution in [0.2, 0.25) is 0 Å². The number of carboxylic acid groups (broad SMARTS) is 1. The average molecular weight is 575 g/mol. The summed E-state index contributed by atoms with van der Waals surface area (Å²) < 4.78 is 0. The van der Waals surface area contributed by atoms with E-state index >= 15 is 0 Å². The van der Waals surface area contributed by atoms with Gasteiger partial charge in [0.05, 0.1) is 12.1 Å². The third kappa shape index (κ3) is 9.76. The molecule has 14 nitrogen and oxygen atoms in total. The molecule has 12 N–H and O–H groups in total. The molecule has 0 aliphatic rings. The van der Waals surface area contributed by atoms with Gasteiger partial charge in [-0.15, -0.1) is 0 Å². The molecular formula is C27H42N8O6. The Morgan fingerprint density at radius 2 is 1.66 bits per heavy atom. The molecule has 0 fully saturated rings. The van der Waals surface area contributed by atoms with Gasteiger partial charge in [0.15, 0.2) is 5.96 Å². The number of H-pyrrole nitrogens is 1. The van der Waals surface area contributed by atoms with Crippen LogP contribution in [-0.4, -0.2) is 81.7 Å². The Hall–Kier alpha value is -4.17. The minimum Gasteiger partial charge on any atom is -0.480 e. The summed E-state index contributed by atoms with van der Waals surface area (Å²) in [5.41, 5.74) is 18.2. The smallest absolute Gasteiger partial charge is 0.326 e. The van der Waals surface area contributed by atoms with Gasteiger partial charge in [-0.2, -0.15) is 0 Å². The summed E-state index contributed by atoms with van der Waals surface area (Å²) in [6.07, 6.45) is 1.28. The Labute approximate surface area is 238 Å². The number of amides is 3. The van der Waals surface area contributed by atoms with E-state index in [-0.39, 0.29) is 37.7 Å². The number of carbonyl (C=O) groups excluding carboxylic acids is 3. The van der Waals surface area contributed by atoms with Crippen LogP contribution in [0.3, 0.4) is 0 Å². The third-order valence-electron chi connectivity index (χ3n) is 6.91. The lowest BCUT2D eigenvalue weighted by atomic mass is 9.98. The van der Waals surface area contributed by atoms with Gasteiger partial charge in [0.2, 0.25) is 17.7 Å². The maximum Gasteiger partial charge on any atom is 0.326 e. The molecule has 2 rings (SSSR count). The van der Waals surface area contributed by atoms with Gasteiger partial charge in [0.25, 0.3) is 0 Å². The fourth-order valence-electron chi connectivity index (χ4n) is 4.19. The molecule has 0 spiro atoms. The van der Waals surface area contributed by atoms with Crippen molar-refractivity contribution in [2.24, 2.45) is 28.1 Å². The number of nitrogens with one attached hydrogen (secondary N) is 4. The molecule has 6 atom stereocenters. The zero-order chi connectivity index (χ0) is 30.7. The van der Waals surface area contributed by atoms with Crippen molar-refractivity contribution in [3.05, 3.63) is 36.0 Å². The third-order valence-corrected chi connectivity index (χ3v) is 6.91. The number of para-hydroxylation sites is 1. The molecular weight excluding hydrogens is 532 g/mol. The van der Waals surface area contributed by atoms with Crippen molar-refractivity contribution in [3.8, 4) is 0 Å². The van der Waals surface area contributed by atoms with Gasteiger partial charge in [-0.05, 0) is 37.3 Å². The fourth-order valence-corrected chi connectivity index (χ4v) is 4.19. The van der Waals surface area contributed by atoms with E-state index in [4.69, 9.17) is 17.2 Å². The van der Waals surface area contributed by atoms with Crippen molar-refractivity contribution in [2.75, 3.05) is 6.54 Å². The van der Waals surface area contributed by atoms with Gasteiger partial charge in [0, 0.05) is 30.1 Å². The van der Waals surface area contributed by atoms with Crippen LogP contribution < -0.4 is 33.2 Å². The maximum absolute atomic E-state index is 13.3. The number of aliphatic carboxylic acids is 1. The first kappa shape index (κ1) is 33.0. The van der Waals surface area contributed by atoms with E-state index in [9.17, 15) is 29.4 Å². The predicted octanol–water partition coefficient (Wildman–Crippen LogP) is -0.943. The molecule has 226 valence electrons. The van der Waals surface area contributed by atoms with Gasteiger partial charge in [-0.25, -0.2) is 4.79 Å². The number of carboxylic acids is 1. The molecule has 3 amide bonds. The second-order valence-electron chi connectivity index (χ2n) is 10.1. The van der Waals surface area contributed by atoms with Gasteiger partial charge < -0.3 is 48.3 Å². The molecule has 0 aliphatic carbocycles. The Balaban J connectivity index is 2.21. The van der Waals surface area contributed by atoms with Gasteiger partial charge >= 0.3 is 5.97 Å². The summed E-state index contributed by atoms with van der Waals surface area (Å²) in [7, 11) is 0. The summed E-state index contributed by atoms with van der Waals surface area (Å²) in [6.45, 7) is 5.12. The first-order chi connectivity index (χ1) is 19.3. The highest BCUT2D eigenvalue weighted by Gasteiger charge is 2.33. The molecule has 1 aromatic carbocycles. The number of nitrogens with zero attached hydrogens (tertiary/aromatic N) is 1. The van der Waals surface area contributed by atoms with Gasteiger partial charge in [-0.1, -0.05) is 38.5 Å². The number of aromatic nitrogens is 1. The monoisotopic (exact) mass is 574 g/mol. The van der Waals surface area contributed by atoms with E-state index in [0.717, 1.165) is 10.9 Å². The summed E-state index contributed by atoms with van der Waals surface area (Å²) in [5.74, 6) is -3.81. The molecule has 0 saturated heterocycles. The van der Waals surface area contributed by atoms with Crippen LogP contribution in [-0.2, 0) is 25.6 Å². The van der Waals surface area contributed by atoms with Crippen LogP contribution in [0.25, 0.3) is 10.9 Å². The minimum atomic E-state index is -1.41. The zero-order valence-electron chi connectivity index (χ0n) is 23.6. The van der Waals surface area contributed by atoms with Crippen molar-refractivity contribution in [1.29, 1.82) is 0 Å². The number of benzene rings is 1. The number of nitrogens with two attached hydrogens (primary N) is 3. The molecule has 2 aromatic rings. The summed E-state index contributed by atoms with van der Waals surface area (Å²) in [6, 6.07) is 2.51. The molecule has 0 radical (unpaired) electrons. The lowest BCUT2D eigenvalue weighted by Crippen LogP contribution is -2.60. The van der Waals surface area contributed by atoms with Crippen LogP contribution in [0, 0.1) is 5.92 Å². The second kappa shape index (κ2) is 15.6. The number of guanidine groups is 1. The number of carbonyl (C=O) groups is 4. The van der Waals surface area contributed by atoms with Crippen molar-refractivity contribution >= 4 is 40.6 Å². The number of hydrogen-bond acceptors (Lipinski definition) is 7. The standard InChI is InChI=1S/C27H42N8O6/c1-4-14(2)21(28)24(38)35-22(15(3)36)25(39)33-19(10-7-11-31-27(29)30)23(37)34-20(26(40)41)12-16-13-32-18-9-6-5-8-17(16)18/h5-6,8-9,13-15,19-22,32,36H,4,7,10-12,28H2,1-3H3,(H,33,39)(H,34,37)(H,35,38)(H,40,41)(H4,29,30,31). The predicted molar refractivity (Wildman–Crippen MR) is 154 cm³/mol. The highest BCUT2D eigenvalue weighted by molar-refractivity contribution is 5.94. The molecule has 1 heterocycles. The highest BCUT2D eigenvalue weighted by Crippen LogP contribution is 2.19. The van der Waals surface area contributed by atoms with Crippen LogP contribution in [0.15, 0.2) is 35.5 Å². The largest absolute Gasteiger partial charge is 0.480 e. The molecule has 41 heavy (non-hydrogen) atoms.